The molecule has 0 radical (unpaired) electrons. The van der Waals surface area contributed by atoms with Crippen LogP contribution in [0.5, 0.6) is 0 Å². The van der Waals surface area contributed by atoms with Gasteiger partial charge in [-0.25, -0.2) is 4.79 Å². The zero-order valence-electron chi connectivity index (χ0n) is 10.8. The third kappa shape index (κ3) is 3.48. The Morgan fingerprint density at radius 2 is 2.06 bits per heavy atom. The van der Waals surface area contributed by atoms with Gasteiger partial charge in [0.25, 0.3) is 5.91 Å². The normalized spacial score (nSPS) is 11.7. The van der Waals surface area contributed by atoms with Gasteiger partial charge in [-0.15, -0.1) is 0 Å². The predicted molar refractivity (Wildman–Crippen MR) is 69.8 cm³/mol. The first-order chi connectivity index (χ1) is 8.45. The smallest absolute Gasteiger partial charge is 0.326 e. The number of benzene rings is 1. The maximum atomic E-state index is 11.8. The molecule has 0 aromatic heterocycles. The Morgan fingerprint density at radius 3 is 2.56 bits per heavy atom. The molecule has 0 bridgehead atoms. The lowest BCUT2D eigenvalue weighted by Crippen LogP contribution is -2.28. The Balaban J connectivity index is 2.88. The maximum absolute atomic E-state index is 11.8. The Labute approximate surface area is 106 Å². The fourth-order valence-electron chi connectivity index (χ4n) is 1.54. The molecule has 1 amide bonds. The number of aliphatic carboxylic acids is 1. The van der Waals surface area contributed by atoms with Crippen LogP contribution in [0.2, 0.25) is 0 Å². The number of carbonyl (C=O) groups is 2. The van der Waals surface area contributed by atoms with Gasteiger partial charge in [0.15, 0.2) is 0 Å². The van der Waals surface area contributed by atoms with E-state index in [-0.39, 0.29) is 5.91 Å². The highest BCUT2D eigenvalue weighted by Crippen LogP contribution is 2.14. The van der Waals surface area contributed by atoms with Gasteiger partial charge in [-0.05, 0) is 24.6 Å². The van der Waals surface area contributed by atoms with Crippen molar-refractivity contribution in [1.29, 1.82) is 0 Å². The van der Waals surface area contributed by atoms with E-state index in [0.717, 1.165) is 0 Å². The molecule has 2 N–H and O–H groups in total. The van der Waals surface area contributed by atoms with E-state index in [1.807, 2.05) is 0 Å². The van der Waals surface area contributed by atoms with Crippen molar-refractivity contribution >= 4 is 17.6 Å². The molecule has 0 heterocycles. The third-order valence-electron chi connectivity index (χ3n) is 2.56. The van der Waals surface area contributed by atoms with Gasteiger partial charge < -0.3 is 15.3 Å². The van der Waals surface area contributed by atoms with Crippen LogP contribution < -0.4 is 5.32 Å². The Hall–Kier alpha value is -2.04. The number of hydrogen-bond donors (Lipinski definition) is 2. The van der Waals surface area contributed by atoms with Crippen LogP contribution in [0, 0.1) is 0 Å². The van der Waals surface area contributed by atoms with Crippen molar-refractivity contribution < 1.29 is 14.7 Å². The molecule has 98 valence electrons. The second-order valence-electron chi connectivity index (χ2n) is 4.22. The number of carbonyl (C=O) groups excluding carboxylic acids is 1. The Kier molecular flexibility index (Phi) is 4.71. The number of hydrogen-bond acceptors (Lipinski definition) is 3. The van der Waals surface area contributed by atoms with Gasteiger partial charge in [-0.3, -0.25) is 4.79 Å². The highest BCUT2D eigenvalue weighted by molar-refractivity contribution is 5.94. The molecule has 0 aliphatic rings. The lowest BCUT2D eigenvalue weighted by atomic mass is 10.1. The van der Waals surface area contributed by atoms with Crippen LogP contribution in [0.15, 0.2) is 24.3 Å². The summed E-state index contributed by atoms with van der Waals surface area (Å²) in [6.07, 6.45) is 0.473. The standard InChI is InChI=1S/C13H18N2O3/c1-4-11(13(17)18)14-10-7-5-6-9(8-10)12(16)15(2)3/h5-8,11,14H,4H2,1-3H3,(H,17,18). The molecule has 1 aromatic rings. The van der Waals surface area contributed by atoms with Crippen molar-refractivity contribution in [3.8, 4) is 0 Å². The molecule has 1 atom stereocenters. The van der Waals surface area contributed by atoms with E-state index in [1.54, 1.807) is 45.3 Å². The molecule has 0 aliphatic heterocycles. The van der Waals surface area contributed by atoms with E-state index in [4.69, 9.17) is 5.11 Å². The van der Waals surface area contributed by atoms with Crippen LogP contribution >= 0.6 is 0 Å². The van der Waals surface area contributed by atoms with Gasteiger partial charge in [0.1, 0.15) is 6.04 Å². The number of amides is 1. The van der Waals surface area contributed by atoms with Crippen LogP contribution in [0.25, 0.3) is 0 Å². The van der Waals surface area contributed by atoms with Gasteiger partial charge in [0, 0.05) is 25.3 Å². The fraction of sp³-hybridized carbons (Fsp3) is 0.385. The molecule has 0 saturated heterocycles. The quantitative estimate of drug-likeness (QED) is 0.834. The minimum absolute atomic E-state index is 0.109. The van der Waals surface area contributed by atoms with E-state index in [9.17, 15) is 9.59 Å². The lowest BCUT2D eigenvalue weighted by molar-refractivity contribution is -0.137. The zero-order chi connectivity index (χ0) is 13.7. The van der Waals surface area contributed by atoms with E-state index in [1.165, 1.54) is 4.90 Å². The summed E-state index contributed by atoms with van der Waals surface area (Å²) in [4.78, 5) is 24.2. The third-order valence-corrected chi connectivity index (χ3v) is 2.56. The number of nitrogens with zero attached hydrogens (tertiary/aromatic N) is 1. The monoisotopic (exact) mass is 250 g/mol. The van der Waals surface area contributed by atoms with E-state index < -0.39 is 12.0 Å². The molecule has 0 spiro atoms. The van der Waals surface area contributed by atoms with Crippen molar-refractivity contribution in [2.75, 3.05) is 19.4 Å². The van der Waals surface area contributed by atoms with Gasteiger partial charge in [-0.1, -0.05) is 13.0 Å². The van der Waals surface area contributed by atoms with Crippen LogP contribution in [0.4, 0.5) is 5.69 Å². The Bertz CT molecular complexity index is 444. The molecule has 1 aromatic carbocycles. The van der Waals surface area contributed by atoms with Crippen LogP contribution in [0.3, 0.4) is 0 Å². The summed E-state index contributed by atoms with van der Waals surface area (Å²) in [5.41, 5.74) is 1.17. The average molecular weight is 250 g/mol. The molecule has 18 heavy (non-hydrogen) atoms. The van der Waals surface area contributed by atoms with Crippen molar-refractivity contribution in [2.45, 2.75) is 19.4 Å². The first-order valence-electron chi connectivity index (χ1n) is 5.76. The minimum atomic E-state index is -0.901. The summed E-state index contributed by atoms with van der Waals surface area (Å²) >= 11 is 0. The average Bonchev–Trinajstić information content (AvgIpc) is 2.34. The van der Waals surface area contributed by atoms with E-state index in [0.29, 0.717) is 17.7 Å². The Morgan fingerprint density at radius 1 is 1.39 bits per heavy atom. The molecule has 5 nitrogen and oxygen atoms in total. The lowest BCUT2D eigenvalue weighted by Gasteiger charge is -2.15. The summed E-state index contributed by atoms with van der Waals surface area (Å²) in [5.74, 6) is -1.01. The largest absolute Gasteiger partial charge is 0.480 e. The molecular weight excluding hydrogens is 232 g/mol. The van der Waals surface area contributed by atoms with Crippen LogP contribution in [-0.2, 0) is 4.79 Å². The van der Waals surface area contributed by atoms with Crippen molar-refractivity contribution in [3.05, 3.63) is 29.8 Å². The second kappa shape index (κ2) is 6.05. The van der Waals surface area contributed by atoms with E-state index >= 15 is 0 Å². The molecule has 5 heteroatoms. The molecule has 0 aliphatic carbocycles. The SMILES string of the molecule is CCC(Nc1cccc(C(=O)N(C)C)c1)C(=O)O. The molecule has 1 unspecified atom stereocenters. The summed E-state index contributed by atoms with van der Waals surface area (Å²) in [6.45, 7) is 1.79. The number of rotatable bonds is 5. The number of carboxylic acid groups (broad SMARTS) is 1. The first-order valence-corrected chi connectivity index (χ1v) is 5.76. The highest BCUT2D eigenvalue weighted by atomic mass is 16.4. The zero-order valence-corrected chi connectivity index (χ0v) is 10.8. The number of anilines is 1. The topological polar surface area (TPSA) is 69.6 Å². The molecule has 1 rings (SSSR count). The maximum Gasteiger partial charge on any atom is 0.326 e. The van der Waals surface area contributed by atoms with Crippen molar-refractivity contribution in [1.82, 2.24) is 4.90 Å². The fourth-order valence-corrected chi connectivity index (χ4v) is 1.54. The summed E-state index contributed by atoms with van der Waals surface area (Å²) < 4.78 is 0. The summed E-state index contributed by atoms with van der Waals surface area (Å²) in [5, 5.41) is 11.9. The minimum Gasteiger partial charge on any atom is -0.480 e. The summed E-state index contributed by atoms with van der Waals surface area (Å²) in [7, 11) is 3.35. The van der Waals surface area contributed by atoms with Gasteiger partial charge >= 0.3 is 5.97 Å². The van der Waals surface area contributed by atoms with E-state index in [2.05, 4.69) is 5.32 Å². The molecule has 0 saturated carbocycles. The van der Waals surface area contributed by atoms with Gasteiger partial charge in [-0.2, -0.15) is 0 Å². The highest BCUT2D eigenvalue weighted by Gasteiger charge is 2.15. The van der Waals surface area contributed by atoms with Crippen LogP contribution in [-0.4, -0.2) is 42.0 Å². The predicted octanol–water partition coefficient (Wildman–Crippen LogP) is 1.66. The van der Waals surface area contributed by atoms with Crippen molar-refractivity contribution in [3.63, 3.8) is 0 Å². The second-order valence-corrected chi connectivity index (χ2v) is 4.22. The molecule has 0 fully saturated rings. The van der Waals surface area contributed by atoms with Gasteiger partial charge in [0.05, 0.1) is 0 Å². The number of carboxylic acids is 1. The van der Waals surface area contributed by atoms with Crippen LogP contribution in [0.1, 0.15) is 23.7 Å². The first kappa shape index (κ1) is 14.0. The summed E-state index contributed by atoms with van der Waals surface area (Å²) in [6, 6.07) is 6.20. The van der Waals surface area contributed by atoms with Gasteiger partial charge in [0.2, 0.25) is 0 Å². The molecular formula is C13H18N2O3. The van der Waals surface area contributed by atoms with Crippen molar-refractivity contribution in [2.24, 2.45) is 0 Å². The number of nitrogens with one attached hydrogen (secondary N) is 1.